The quantitative estimate of drug-likeness (QED) is 0.385. The van der Waals surface area contributed by atoms with Gasteiger partial charge in [0.2, 0.25) is 5.95 Å². The molecule has 35 heavy (non-hydrogen) atoms. The first-order chi connectivity index (χ1) is 16.7. The minimum absolute atomic E-state index is 0. The van der Waals surface area contributed by atoms with E-state index in [1.165, 1.54) is 0 Å². The summed E-state index contributed by atoms with van der Waals surface area (Å²) in [6, 6.07) is 15.2. The molecule has 0 radical (unpaired) electrons. The van der Waals surface area contributed by atoms with Gasteiger partial charge in [0, 0.05) is 38.4 Å². The molecule has 2 N–H and O–H groups in total. The van der Waals surface area contributed by atoms with Crippen LogP contribution < -0.4 is 9.80 Å². The highest BCUT2D eigenvalue weighted by Crippen LogP contribution is 2.26. The predicted octanol–water partition coefficient (Wildman–Crippen LogP) is 2.61. The molecule has 10 nitrogen and oxygen atoms in total. The molecule has 2 aromatic carbocycles. The zero-order valence-electron chi connectivity index (χ0n) is 18.9. The Balaban J connectivity index is 0.00000253. The second-order valence-electron chi connectivity index (χ2n) is 8.27. The molecule has 0 unspecified atom stereocenters. The SMILES string of the molecule is Cl.OCCn1cnc2c(-n3cnc4ccccc43)nc(N3CCN(c4ccc(O)cc4)CC3)nc21. The van der Waals surface area contributed by atoms with E-state index in [1.807, 2.05) is 45.5 Å². The van der Waals surface area contributed by atoms with Crippen LogP contribution in [0, 0.1) is 0 Å². The Morgan fingerprint density at radius 1 is 0.829 bits per heavy atom. The molecular weight excluding hydrogens is 468 g/mol. The van der Waals surface area contributed by atoms with Gasteiger partial charge in [-0.3, -0.25) is 4.57 Å². The lowest BCUT2D eigenvalue weighted by atomic mass is 10.2. The van der Waals surface area contributed by atoms with Crippen LogP contribution in [-0.4, -0.2) is 72.1 Å². The van der Waals surface area contributed by atoms with E-state index in [2.05, 4.69) is 19.8 Å². The van der Waals surface area contributed by atoms with Crippen LogP contribution in [0.2, 0.25) is 0 Å². The molecule has 0 bridgehead atoms. The van der Waals surface area contributed by atoms with Gasteiger partial charge in [0.05, 0.1) is 24.0 Å². The number of hydrogen-bond acceptors (Lipinski definition) is 8. The summed E-state index contributed by atoms with van der Waals surface area (Å²) in [5, 5.41) is 19.1. The first-order valence-corrected chi connectivity index (χ1v) is 11.3. The molecule has 6 rings (SSSR count). The summed E-state index contributed by atoms with van der Waals surface area (Å²) in [7, 11) is 0. The van der Waals surface area contributed by atoms with Gasteiger partial charge in [0.15, 0.2) is 17.0 Å². The maximum Gasteiger partial charge on any atom is 0.229 e. The third-order valence-electron chi connectivity index (χ3n) is 6.23. The van der Waals surface area contributed by atoms with Crippen molar-refractivity contribution in [3.8, 4) is 11.6 Å². The van der Waals surface area contributed by atoms with Crippen molar-refractivity contribution in [2.45, 2.75) is 6.54 Å². The van der Waals surface area contributed by atoms with Crippen molar-refractivity contribution in [3.05, 3.63) is 61.2 Å². The second kappa shape index (κ2) is 9.40. The molecule has 0 amide bonds. The number of imidazole rings is 2. The zero-order valence-corrected chi connectivity index (χ0v) is 19.7. The van der Waals surface area contributed by atoms with E-state index in [0.29, 0.717) is 29.5 Å². The molecule has 0 aliphatic carbocycles. The van der Waals surface area contributed by atoms with E-state index < -0.39 is 0 Å². The lowest BCUT2D eigenvalue weighted by Gasteiger charge is -2.36. The summed E-state index contributed by atoms with van der Waals surface area (Å²) in [6.07, 6.45) is 3.47. The van der Waals surface area contributed by atoms with Gasteiger partial charge in [-0.05, 0) is 36.4 Å². The van der Waals surface area contributed by atoms with Crippen molar-refractivity contribution in [3.63, 3.8) is 0 Å². The van der Waals surface area contributed by atoms with Crippen LogP contribution in [0.25, 0.3) is 28.0 Å². The van der Waals surface area contributed by atoms with Gasteiger partial charge in [-0.25, -0.2) is 9.97 Å². The van der Waals surface area contributed by atoms with E-state index >= 15 is 0 Å². The third-order valence-corrected chi connectivity index (χ3v) is 6.23. The number of anilines is 2. The van der Waals surface area contributed by atoms with Gasteiger partial charge in [-0.2, -0.15) is 9.97 Å². The lowest BCUT2D eigenvalue weighted by Crippen LogP contribution is -2.47. The van der Waals surface area contributed by atoms with Gasteiger partial charge in [0.1, 0.15) is 12.1 Å². The van der Waals surface area contributed by atoms with E-state index in [4.69, 9.17) is 9.97 Å². The Labute approximate surface area is 207 Å². The fourth-order valence-electron chi connectivity index (χ4n) is 4.45. The number of piperazine rings is 1. The smallest absolute Gasteiger partial charge is 0.229 e. The number of aliphatic hydroxyl groups is 1. The first-order valence-electron chi connectivity index (χ1n) is 11.3. The molecule has 0 spiro atoms. The lowest BCUT2D eigenvalue weighted by molar-refractivity contribution is 0.277. The summed E-state index contributed by atoms with van der Waals surface area (Å²) in [5.41, 5.74) is 4.27. The number of nitrogens with zero attached hydrogens (tertiary/aromatic N) is 8. The molecule has 4 heterocycles. The molecule has 1 saturated heterocycles. The average molecular weight is 493 g/mol. The molecule has 180 valence electrons. The van der Waals surface area contributed by atoms with Gasteiger partial charge in [0.25, 0.3) is 0 Å². The van der Waals surface area contributed by atoms with Gasteiger partial charge >= 0.3 is 0 Å². The maximum absolute atomic E-state index is 9.57. The molecule has 1 aliphatic rings. The average Bonchev–Trinajstić information content (AvgIpc) is 3.49. The van der Waals surface area contributed by atoms with Gasteiger partial charge in [-0.1, -0.05) is 12.1 Å². The Morgan fingerprint density at radius 2 is 1.57 bits per heavy atom. The largest absolute Gasteiger partial charge is 0.508 e. The topological polar surface area (TPSA) is 108 Å². The Bertz CT molecular complexity index is 1460. The number of fused-ring (bicyclic) bond motifs is 2. The van der Waals surface area contributed by atoms with Crippen LogP contribution >= 0.6 is 12.4 Å². The van der Waals surface area contributed by atoms with Gasteiger partial charge in [-0.15, -0.1) is 12.4 Å². The number of hydrogen-bond donors (Lipinski definition) is 2. The van der Waals surface area contributed by atoms with E-state index in [9.17, 15) is 10.2 Å². The number of para-hydroxylation sites is 2. The van der Waals surface area contributed by atoms with Crippen LogP contribution in [0.3, 0.4) is 0 Å². The third kappa shape index (κ3) is 4.11. The number of aromatic hydroxyl groups is 1. The van der Waals surface area contributed by atoms with Crippen molar-refractivity contribution in [1.82, 2.24) is 29.1 Å². The van der Waals surface area contributed by atoms with Gasteiger partial charge < -0.3 is 24.6 Å². The molecule has 1 fully saturated rings. The van der Waals surface area contributed by atoms with Crippen molar-refractivity contribution in [2.75, 3.05) is 42.6 Å². The van der Waals surface area contributed by atoms with Crippen LogP contribution in [0.5, 0.6) is 5.75 Å². The Morgan fingerprint density at radius 3 is 2.34 bits per heavy atom. The van der Waals surface area contributed by atoms with Crippen molar-refractivity contribution in [1.29, 1.82) is 0 Å². The minimum atomic E-state index is -0.000556. The maximum atomic E-state index is 9.57. The molecule has 0 atom stereocenters. The van der Waals surface area contributed by atoms with Crippen LogP contribution in [0.1, 0.15) is 0 Å². The Kier molecular flexibility index (Phi) is 6.14. The molecule has 5 aromatic rings. The highest BCUT2D eigenvalue weighted by atomic mass is 35.5. The standard InChI is InChI=1S/C24H24N8O2.ClH/c33-14-13-31-15-26-21-22(31)27-24(28-23(21)32-16-25-19-3-1-2-4-20(19)32)30-11-9-29(10-12-30)17-5-7-18(34)8-6-17;/h1-8,15-16,33-34H,9-14H2;1H. The minimum Gasteiger partial charge on any atom is -0.508 e. The number of benzene rings is 2. The molecule has 11 heteroatoms. The zero-order chi connectivity index (χ0) is 23.1. The normalized spacial score (nSPS) is 14.0. The van der Waals surface area contributed by atoms with E-state index in [-0.39, 0.29) is 24.8 Å². The van der Waals surface area contributed by atoms with E-state index in [1.54, 1.807) is 24.8 Å². The first kappa shape index (κ1) is 22.9. The molecule has 1 aliphatic heterocycles. The highest BCUT2D eigenvalue weighted by molar-refractivity contribution is 5.85. The number of aliphatic hydroxyl groups excluding tert-OH is 1. The monoisotopic (exact) mass is 492 g/mol. The summed E-state index contributed by atoms with van der Waals surface area (Å²) >= 11 is 0. The molecule has 3 aromatic heterocycles. The number of phenols is 1. The van der Waals surface area contributed by atoms with Crippen LogP contribution in [-0.2, 0) is 6.54 Å². The summed E-state index contributed by atoms with van der Waals surface area (Å²) in [5.74, 6) is 1.57. The fourth-order valence-corrected chi connectivity index (χ4v) is 4.45. The van der Waals surface area contributed by atoms with Crippen LogP contribution in [0.15, 0.2) is 61.2 Å². The number of halogens is 1. The summed E-state index contributed by atoms with van der Waals surface area (Å²) in [6.45, 7) is 3.54. The van der Waals surface area contributed by atoms with E-state index in [0.717, 1.165) is 42.9 Å². The number of phenolic OH excluding ortho intramolecular Hbond substituents is 1. The highest BCUT2D eigenvalue weighted by Gasteiger charge is 2.23. The summed E-state index contributed by atoms with van der Waals surface area (Å²) in [4.78, 5) is 23.4. The van der Waals surface area contributed by atoms with Crippen molar-refractivity contribution >= 4 is 46.2 Å². The number of aromatic nitrogens is 6. The second-order valence-corrected chi connectivity index (χ2v) is 8.27. The van der Waals surface area contributed by atoms with Crippen molar-refractivity contribution < 1.29 is 10.2 Å². The predicted molar refractivity (Wildman–Crippen MR) is 137 cm³/mol. The fraction of sp³-hybridized carbons (Fsp3) is 0.250. The Hall–Kier alpha value is -3.89. The summed E-state index contributed by atoms with van der Waals surface area (Å²) < 4.78 is 3.81. The van der Waals surface area contributed by atoms with Crippen LogP contribution in [0.4, 0.5) is 11.6 Å². The van der Waals surface area contributed by atoms with Crippen molar-refractivity contribution in [2.24, 2.45) is 0 Å². The molecular formula is C24H25ClN8O2. The molecule has 0 saturated carbocycles. The number of rotatable bonds is 5.